The Morgan fingerprint density at radius 1 is 1.85 bits per heavy atom. The van der Waals surface area contributed by atoms with E-state index < -0.39 is 12.1 Å². The molecule has 4 nitrogen and oxygen atoms in total. The van der Waals surface area contributed by atoms with Crippen molar-refractivity contribution in [3.8, 4) is 12.3 Å². The number of ether oxygens (including phenoxy) is 1. The maximum Gasteiger partial charge on any atom is 0.357 e. The number of carbonyl (C=O) groups excluding carboxylic acids is 1. The molecular weight excluding hydrogens is 168 g/mol. The maximum absolute atomic E-state index is 11.3. The fourth-order valence-corrected chi connectivity index (χ4v) is 0.829. The molecule has 1 unspecified atom stereocenters. The van der Waals surface area contributed by atoms with Gasteiger partial charge in [-0.3, -0.25) is 4.68 Å². The SMILES string of the molecule is C#CC(C)OC(=O)c1ccnn1C. The van der Waals surface area contributed by atoms with Gasteiger partial charge in [0, 0.05) is 13.2 Å². The predicted molar refractivity (Wildman–Crippen MR) is 46.9 cm³/mol. The maximum atomic E-state index is 11.3. The minimum absolute atomic E-state index is 0.391. The van der Waals surface area contributed by atoms with Crippen LogP contribution in [0.15, 0.2) is 12.3 Å². The molecule has 0 aliphatic heterocycles. The molecular formula is C9H10N2O2. The Labute approximate surface area is 76.5 Å². The zero-order chi connectivity index (χ0) is 9.84. The van der Waals surface area contributed by atoms with Crippen molar-refractivity contribution in [1.82, 2.24) is 9.78 Å². The predicted octanol–water partition coefficient (Wildman–Crippen LogP) is 0.599. The van der Waals surface area contributed by atoms with Crippen LogP contribution in [0.5, 0.6) is 0 Å². The highest BCUT2D eigenvalue weighted by molar-refractivity contribution is 5.87. The Morgan fingerprint density at radius 2 is 2.54 bits per heavy atom. The highest BCUT2D eigenvalue weighted by atomic mass is 16.5. The monoisotopic (exact) mass is 178 g/mol. The van der Waals surface area contributed by atoms with Crippen LogP contribution in [0.25, 0.3) is 0 Å². The normalized spacial score (nSPS) is 11.8. The van der Waals surface area contributed by atoms with Gasteiger partial charge in [0.2, 0.25) is 0 Å². The Balaban J connectivity index is 2.71. The van der Waals surface area contributed by atoms with E-state index in [0.29, 0.717) is 5.69 Å². The molecule has 0 bridgehead atoms. The third-order valence-electron chi connectivity index (χ3n) is 1.55. The summed E-state index contributed by atoms with van der Waals surface area (Å²) in [5.41, 5.74) is 0.391. The fraction of sp³-hybridized carbons (Fsp3) is 0.333. The first-order valence-electron chi connectivity index (χ1n) is 3.80. The number of aryl methyl sites for hydroxylation is 1. The molecule has 0 radical (unpaired) electrons. The Hall–Kier alpha value is -1.76. The average Bonchev–Trinajstić information content (AvgIpc) is 2.51. The molecule has 0 saturated heterocycles. The smallest absolute Gasteiger partial charge is 0.357 e. The van der Waals surface area contributed by atoms with E-state index in [1.165, 1.54) is 10.9 Å². The van der Waals surface area contributed by atoms with E-state index in [0.717, 1.165) is 0 Å². The highest BCUT2D eigenvalue weighted by Gasteiger charge is 2.13. The summed E-state index contributed by atoms with van der Waals surface area (Å²) < 4.78 is 6.32. The van der Waals surface area contributed by atoms with Crippen molar-refractivity contribution in [1.29, 1.82) is 0 Å². The second-order valence-corrected chi connectivity index (χ2v) is 2.55. The van der Waals surface area contributed by atoms with Gasteiger partial charge in [0.25, 0.3) is 0 Å². The summed E-state index contributed by atoms with van der Waals surface area (Å²) >= 11 is 0. The van der Waals surface area contributed by atoms with Crippen LogP contribution in [0.1, 0.15) is 17.4 Å². The number of carbonyl (C=O) groups is 1. The van der Waals surface area contributed by atoms with E-state index in [1.54, 1.807) is 20.0 Å². The van der Waals surface area contributed by atoms with Crippen LogP contribution < -0.4 is 0 Å². The molecule has 1 aromatic rings. The van der Waals surface area contributed by atoms with Gasteiger partial charge in [-0.05, 0) is 13.0 Å². The molecule has 1 heterocycles. The first-order valence-corrected chi connectivity index (χ1v) is 3.80. The minimum atomic E-state index is -0.512. The fourth-order valence-electron chi connectivity index (χ4n) is 0.829. The van der Waals surface area contributed by atoms with Crippen LogP contribution >= 0.6 is 0 Å². The molecule has 4 heteroatoms. The summed E-state index contributed by atoms with van der Waals surface area (Å²) in [5.74, 6) is 1.85. The molecule has 1 atom stereocenters. The van der Waals surface area contributed by atoms with Crippen LogP contribution in [-0.2, 0) is 11.8 Å². The highest BCUT2D eigenvalue weighted by Crippen LogP contribution is 2.01. The summed E-state index contributed by atoms with van der Waals surface area (Å²) in [6.45, 7) is 1.63. The van der Waals surface area contributed by atoms with E-state index in [-0.39, 0.29) is 0 Å². The van der Waals surface area contributed by atoms with E-state index >= 15 is 0 Å². The van der Waals surface area contributed by atoms with Crippen molar-refractivity contribution in [2.75, 3.05) is 0 Å². The number of nitrogens with zero attached hydrogens (tertiary/aromatic N) is 2. The van der Waals surface area contributed by atoms with Gasteiger partial charge in [0.1, 0.15) is 5.69 Å². The molecule has 0 fully saturated rings. The van der Waals surface area contributed by atoms with Crippen LogP contribution in [0.4, 0.5) is 0 Å². The number of esters is 1. The summed E-state index contributed by atoms with van der Waals surface area (Å²) in [4.78, 5) is 11.3. The molecule has 0 aromatic carbocycles. The number of hydrogen-bond acceptors (Lipinski definition) is 3. The van der Waals surface area contributed by atoms with E-state index in [4.69, 9.17) is 11.2 Å². The lowest BCUT2D eigenvalue weighted by Crippen LogP contribution is -2.16. The van der Waals surface area contributed by atoms with Gasteiger partial charge in [-0.25, -0.2) is 4.79 Å². The molecule has 0 aliphatic carbocycles. The van der Waals surface area contributed by atoms with Gasteiger partial charge in [0.05, 0.1) is 0 Å². The molecule has 0 amide bonds. The molecule has 68 valence electrons. The van der Waals surface area contributed by atoms with Gasteiger partial charge in [-0.15, -0.1) is 6.42 Å². The zero-order valence-electron chi connectivity index (χ0n) is 7.52. The van der Waals surface area contributed by atoms with Gasteiger partial charge in [-0.2, -0.15) is 5.10 Å². The second-order valence-electron chi connectivity index (χ2n) is 2.55. The Morgan fingerprint density at radius 3 is 3.00 bits per heavy atom. The number of terminal acetylenes is 1. The Bertz CT molecular complexity index is 349. The molecule has 13 heavy (non-hydrogen) atoms. The molecule has 0 spiro atoms. The van der Waals surface area contributed by atoms with Crippen molar-refractivity contribution >= 4 is 5.97 Å². The number of aromatic nitrogens is 2. The minimum Gasteiger partial charge on any atom is -0.445 e. The van der Waals surface area contributed by atoms with Gasteiger partial charge in [-0.1, -0.05) is 5.92 Å². The van der Waals surface area contributed by atoms with Gasteiger partial charge >= 0.3 is 5.97 Å². The van der Waals surface area contributed by atoms with Crippen molar-refractivity contribution in [3.63, 3.8) is 0 Å². The third kappa shape index (κ3) is 2.09. The second kappa shape index (κ2) is 3.76. The quantitative estimate of drug-likeness (QED) is 0.492. The zero-order valence-corrected chi connectivity index (χ0v) is 7.52. The van der Waals surface area contributed by atoms with Crippen molar-refractivity contribution in [3.05, 3.63) is 18.0 Å². The lowest BCUT2D eigenvalue weighted by molar-refractivity contribution is 0.0426. The molecule has 0 N–H and O–H groups in total. The van der Waals surface area contributed by atoms with Crippen LogP contribution in [-0.4, -0.2) is 21.9 Å². The van der Waals surface area contributed by atoms with Crippen LogP contribution in [0.3, 0.4) is 0 Å². The molecule has 0 aliphatic rings. The summed E-state index contributed by atoms with van der Waals surface area (Å²) in [6.07, 6.45) is 6.08. The third-order valence-corrected chi connectivity index (χ3v) is 1.55. The summed E-state index contributed by atoms with van der Waals surface area (Å²) in [5, 5.41) is 3.83. The van der Waals surface area contributed by atoms with Crippen molar-refractivity contribution in [2.45, 2.75) is 13.0 Å². The lowest BCUT2D eigenvalue weighted by atomic mass is 10.4. The first kappa shape index (κ1) is 9.33. The molecule has 1 aromatic heterocycles. The largest absolute Gasteiger partial charge is 0.445 e. The first-order chi connectivity index (χ1) is 6.15. The van der Waals surface area contributed by atoms with Gasteiger partial charge < -0.3 is 4.74 Å². The lowest BCUT2D eigenvalue weighted by Gasteiger charge is -2.06. The molecule has 1 rings (SSSR count). The van der Waals surface area contributed by atoms with Crippen molar-refractivity contribution in [2.24, 2.45) is 7.05 Å². The van der Waals surface area contributed by atoms with Crippen molar-refractivity contribution < 1.29 is 9.53 Å². The Kier molecular flexibility index (Phi) is 2.70. The van der Waals surface area contributed by atoms with Crippen LogP contribution in [0.2, 0.25) is 0 Å². The van der Waals surface area contributed by atoms with Gasteiger partial charge in [0.15, 0.2) is 6.10 Å². The average molecular weight is 178 g/mol. The standard InChI is InChI=1S/C9H10N2O2/c1-4-7(2)13-9(12)8-5-6-10-11(8)3/h1,5-7H,2-3H3. The van der Waals surface area contributed by atoms with E-state index in [2.05, 4.69) is 11.0 Å². The molecule has 0 saturated carbocycles. The van der Waals surface area contributed by atoms with E-state index in [1.807, 2.05) is 0 Å². The number of hydrogen-bond donors (Lipinski definition) is 0. The summed E-state index contributed by atoms with van der Waals surface area (Å²) in [6, 6.07) is 1.57. The topological polar surface area (TPSA) is 44.1 Å². The number of rotatable bonds is 2. The summed E-state index contributed by atoms with van der Waals surface area (Å²) in [7, 11) is 1.66. The van der Waals surface area contributed by atoms with E-state index in [9.17, 15) is 4.79 Å². The van der Waals surface area contributed by atoms with Crippen LogP contribution in [0, 0.1) is 12.3 Å².